The van der Waals surface area contributed by atoms with Gasteiger partial charge >= 0.3 is 0 Å². The Kier molecular flexibility index (Phi) is 5.67. The highest BCUT2D eigenvalue weighted by Crippen LogP contribution is 2.21. The van der Waals surface area contributed by atoms with Crippen molar-refractivity contribution < 1.29 is 0 Å². The van der Waals surface area contributed by atoms with Crippen LogP contribution in [0.25, 0.3) is 0 Å². The molecule has 0 bridgehead atoms. The third-order valence-electron chi connectivity index (χ3n) is 4.54. The Labute approximate surface area is 119 Å². The van der Waals surface area contributed by atoms with Crippen molar-refractivity contribution in [2.24, 2.45) is 5.41 Å². The second-order valence-electron chi connectivity index (χ2n) is 7.55. The molecule has 2 fully saturated rings. The summed E-state index contributed by atoms with van der Waals surface area (Å²) in [7, 11) is 0. The van der Waals surface area contributed by atoms with E-state index in [0.717, 1.165) is 19.1 Å². The second kappa shape index (κ2) is 7.05. The standard InChI is InChI=1S/C16H33N3/c1-16(2,3)7-8-17-9-13-18-10-5-12-19-11-4-6-15(19)14-18/h15,17H,4-14H2,1-3H3. The lowest BCUT2D eigenvalue weighted by Crippen LogP contribution is -2.39. The fourth-order valence-electron chi connectivity index (χ4n) is 3.31. The van der Waals surface area contributed by atoms with Crippen LogP contribution in [-0.4, -0.2) is 61.7 Å². The molecule has 2 heterocycles. The van der Waals surface area contributed by atoms with Gasteiger partial charge in [0.05, 0.1) is 0 Å². The Morgan fingerprint density at radius 3 is 2.63 bits per heavy atom. The van der Waals surface area contributed by atoms with E-state index >= 15 is 0 Å². The van der Waals surface area contributed by atoms with E-state index < -0.39 is 0 Å². The molecule has 1 atom stereocenters. The molecule has 19 heavy (non-hydrogen) atoms. The van der Waals surface area contributed by atoms with Gasteiger partial charge in [-0.25, -0.2) is 0 Å². The maximum atomic E-state index is 3.61. The first-order valence-electron chi connectivity index (χ1n) is 8.22. The summed E-state index contributed by atoms with van der Waals surface area (Å²) in [5, 5.41) is 3.61. The zero-order valence-corrected chi connectivity index (χ0v) is 13.2. The van der Waals surface area contributed by atoms with Gasteiger partial charge in [-0.15, -0.1) is 0 Å². The monoisotopic (exact) mass is 267 g/mol. The lowest BCUT2D eigenvalue weighted by molar-refractivity contribution is 0.219. The van der Waals surface area contributed by atoms with Gasteiger partial charge in [0.25, 0.3) is 0 Å². The minimum atomic E-state index is 0.458. The van der Waals surface area contributed by atoms with Crippen LogP contribution in [0, 0.1) is 5.41 Å². The first-order valence-corrected chi connectivity index (χ1v) is 8.22. The van der Waals surface area contributed by atoms with E-state index in [2.05, 4.69) is 35.9 Å². The smallest absolute Gasteiger partial charge is 0.0223 e. The average Bonchev–Trinajstić information content (AvgIpc) is 2.66. The summed E-state index contributed by atoms with van der Waals surface area (Å²) in [5.74, 6) is 0. The normalized spacial score (nSPS) is 26.4. The highest BCUT2D eigenvalue weighted by atomic mass is 15.3. The van der Waals surface area contributed by atoms with Gasteiger partial charge in [-0.05, 0) is 57.3 Å². The van der Waals surface area contributed by atoms with E-state index in [0.29, 0.717) is 5.41 Å². The SMILES string of the molecule is CC(C)(C)CCNCCN1CCCN2CCCC2C1. The van der Waals surface area contributed by atoms with Crippen LogP contribution in [0.5, 0.6) is 0 Å². The fraction of sp³-hybridized carbons (Fsp3) is 1.00. The van der Waals surface area contributed by atoms with Gasteiger partial charge in [0, 0.05) is 25.7 Å². The van der Waals surface area contributed by atoms with E-state index in [-0.39, 0.29) is 0 Å². The van der Waals surface area contributed by atoms with Crippen molar-refractivity contribution >= 4 is 0 Å². The number of rotatable bonds is 5. The predicted molar refractivity (Wildman–Crippen MR) is 82.6 cm³/mol. The molecule has 1 N–H and O–H groups in total. The lowest BCUT2D eigenvalue weighted by Gasteiger charge is -2.26. The van der Waals surface area contributed by atoms with Crippen LogP contribution < -0.4 is 5.32 Å². The number of fused-ring (bicyclic) bond motifs is 1. The Morgan fingerprint density at radius 1 is 1.05 bits per heavy atom. The molecule has 0 aromatic carbocycles. The third-order valence-corrected chi connectivity index (χ3v) is 4.54. The number of nitrogens with one attached hydrogen (secondary N) is 1. The van der Waals surface area contributed by atoms with E-state index in [1.807, 2.05) is 0 Å². The Morgan fingerprint density at radius 2 is 1.84 bits per heavy atom. The largest absolute Gasteiger partial charge is 0.315 e. The summed E-state index contributed by atoms with van der Waals surface area (Å²) in [6.45, 7) is 15.8. The van der Waals surface area contributed by atoms with Gasteiger partial charge in [0.1, 0.15) is 0 Å². The maximum absolute atomic E-state index is 3.61. The maximum Gasteiger partial charge on any atom is 0.0223 e. The van der Waals surface area contributed by atoms with Crippen molar-refractivity contribution in [2.75, 3.05) is 45.8 Å². The van der Waals surface area contributed by atoms with Crippen molar-refractivity contribution in [1.29, 1.82) is 0 Å². The zero-order chi connectivity index (χ0) is 13.7. The molecule has 112 valence electrons. The summed E-state index contributed by atoms with van der Waals surface area (Å²) in [5.41, 5.74) is 0.458. The molecule has 2 aliphatic rings. The minimum absolute atomic E-state index is 0.458. The highest BCUT2D eigenvalue weighted by Gasteiger charge is 2.28. The number of hydrogen-bond donors (Lipinski definition) is 1. The van der Waals surface area contributed by atoms with Gasteiger partial charge in [0.2, 0.25) is 0 Å². The molecule has 2 rings (SSSR count). The molecule has 2 aliphatic heterocycles. The van der Waals surface area contributed by atoms with E-state index in [4.69, 9.17) is 0 Å². The van der Waals surface area contributed by atoms with E-state index in [1.165, 1.54) is 58.4 Å². The number of nitrogens with zero attached hydrogens (tertiary/aromatic N) is 2. The van der Waals surface area contributed by atoms with Crippen molar-refractivity contribution in [1.82, 2.24) is 15.1 Å². The van der Waals surface area contributed by atoms with Crippen molar-refractivity contribution in [2.45, 2.75) is 52.5 Å². The first kappa shape index (κ1) is 15.3. The van der Waals surface area contributed by atoms with Crippen LogP contribution in [0.2, 0.25) is 0 Å². The van der Waals surface area contributed by atoms with Crippen LogP contribution in [0.3, 0.4) is 0 Å². The van der Waals surface area contributed by atoms with Crippen molar-refractivity contribution in [3.8, 4) is 0 Å². The van der Waals surface area contributed by atoms with Gasteiger partial charge in [-0.3, -0.25) is 4.90 Å². The summed E-state index contributed by atoms with van der Waals surface area (Å²) in [6, 6.07) is 0.858. The van der Waals surface area contributed by atoms with Crippen molar-refractivity contribution in [3.05, 3.63) is 0 Å². The number of hydrogen-bond acceptors (Lipinski definition) is 3. The summed E-state index contributed by atoms with van der Waals surface area (Å²) >= 11 is 0. The van der Waals surface area contributed by atoms with Gasteiger partial charge < -0.3 is 10.2 Å². The summed E-state index contributed by atoms with van der Waals surface area (Å²) in [6.07, 6.45) is 5.47. The van der Waals surface area contributed by atoms with Crippen molar-refractivity contribution in [3.63, 3.8) is 0 Å². The molecule has 0 saturated carbocycles. The lowest BCUT2D eigenvalue weighted by atomic mass is 9.92. The van der Waals surface area contributed by atoms with Crippen LogP contribution >= 0.6 is 0 Å². The molecule has 0 aliphatic carbocycles. The second-order valence-corrected chi connectivity index (χ2v) is 7.55. The minimum Gasteiger partial charge on any atom is -0.315 e. The molecule has 3 heteroatoms. The molecule has 0 spiro atoms. The Balaban J connectivity index is 1.60. The molecular formula is C16H33N3. The first-order chi connectivity index (χ1) is 9.04. The summed E-state index contributed by atoms with van der Waals surface area (Å²) < 4.78 is 0. The highest BCUT2D eigenvalue weighted by molar-refractivity contribution is 4.85. The summed E-state index contributed by atoms with van der Waals surface area (Å²) in [4.78, 5) is 5.40. The molecular weight excluding hydrogens is 234 g/mol. The Hall–Kier alpha value is -0.120. The Bertz CT molecular complexity index is 259. The average molecular weight is 267 g/mol. The zero-order valence-electron chi connectivity index (χ0n) is 13.2. The van der Waals surface area contributed by atoms with Gasteiger partial charge in [-0.1, -0.05) is 20.8 Å². The van der Waals surface area contributed by atoms with E-state index in [9.17, 15) is 0 Å². The van der Waals surface area contributed by atoms with Gasteiger partial charge in [-0.2, -0.15) is 0 Å². The third kappa shape index (κ3) is 5.41. The van der Waals surface area contributed by atoms with Gasteiger partial charge in [0.15, 0.2) is 0 Å². The van der Waals surface area contributed by atoms with Crippen LogP contribution in [-0.2, 0) is 0 Å². The fourth-order valence-corrected chi connectivity index (χ4v) is 3.31. The molecule has 0 aromatic rings. The topological polar surface area (TPSA) is 18.5 Å². The quantitative estimate of drug-likeness (QED) is 0.770. The molecule has 1 unspecified atom stereocenters. The molecule has 0 amide bonds. The molecule has 0 radical (unpaired) electrons. The molecule has 3 nitrogen and oxygen atoms in total. The van der Waals surface area contributed by atoms with Crippen LogP contribution in [0.15, 0.2) is 0 Å². The molecule has 2 saturated heterocycles. The predicted octanol–water partition coefficient (Wildman–Crippen LogP) is 2.18. The molecule has 0 aromatic heterocycles. The van der Waals surface area contributed by atoms with E-state index in [1.54, 1.807) is 0 Å². The van der Waals surface area contributed by atoms with Crippen LogP contribution in [0.4, 0.5) is 0 Å². The van der Waals surface area contributed by atoms with Crippen LogP contribution in [0.1, 0.15) is 46.5 Å².